The van der Waals surface area contributed by atoms with Gasteiger partial charge < -0.3 is 9.84 Å². The van der Waals surface area contributed by atoms with E-state index < -0.39 is 10.0 Å². The summed E-state index contributed by atoms with van der Waals surface area (Å²) in [5, 5.41) is 10.8. The number of likely N-dealkylation sites (N-methyl/N-ethyl adjacent to an activating group) is 1. The molecule has 0 unspecified atom stereocenters. The van der Waals surface area contributed by atoms with Crippen molar-refractivity contribution in [2.24, 2.45) is 0 Å². The Labute approximate surface area is 106 Å². The molecular formula is C10H17NO4S2. The molecule has 7 heteroatoms. The Bertz CT molecular complexity index is 441. The van der Waals surface area contributed by atoms with E-state index in [4.69, 9.17) is 9.84 Å². The molecule has 1 aromatic heterocycles. The number of methoxy groups -OCH3 is 1. The highest BCUT2D eigenvalue weighted by Gasteiger charge is 2.26. The minimum Gasteiger partial charge on any atom is -0.391 e. The van der Waals surface area contributed by atoms with E-state index in [0.717, 1.165) is 0 Å². The lowest BCUT2D eigenvalue weighted by Crippen LogP contribution is -2.34. The molecule has 1 N–H and O–H groups in total. The molecular weight excluding hydrogens is 262 g/mol. The highest BCUT2D eigenvalue weighted by molar-refractivity contribution is 7.89. The maximum absolute atomic E-state index is 12.3. The summed E-state index contributed by atoms with van der Waals surface area (Å²) in [6, 6.07) is 1.53. The van der Waals surface area contributed by atoms with Gasteiger partial charge >= 0.3 is 0 Å². The molecule has 0 aliphatic rings. The fourth-order valence-electron chi connectivity index (χ4n) is 1.45. The van der Waals surface area contributed by atoms with Gasteiger partial charge in [0.15, 0.2) is 0 Å². The highest BCUT2D eigenvalue weighted by Crippen LogP contribution is 2.24. The number of hydrogen-bond acceptors (Lipinski definition) is 5. The second-order valence-electron chi connectivity index (χ2n) is 3.36. The number of rotatable bonds is 7. The van der Waals surface area contributed by atoms with Crippen LogP contribution in [0.3, 0.4) is 0 Å². The number of ether oxygens (including phenoxy) is 1. The first-order valence-electron chi connectivity index (χ1n) is 5.24. The molecule has 0 atom stereocenters. The summed E-state index contributed by atoms with van der Waals surface area (Å²) >= 11 is 1.24. The standard InChI is InChI=1S/C10H17NO4S2/c1-3-11(5-6-15-2)17(13,14)10-4-7-16-9(10)8-12/h4,7,12H,3,5-6,8H2,1-2H3. The molecule has 0 aliphatic heterocycles. The van der Waals surface area contributed by atoms with Crippen LogP contribution in [0.15, 0.2) is 16.3 Å². The number of nitrogens with zero attached hydrogens (tertiary/aromatic N) is 1. The van der Waals surface area contributed by atoms with Gasteiger partial charge in [0, 0.05) is 25.1 Å². The van der Waals surface area contributed by atoms with E-state index in [2.05, 4.69) is 0 Å². The number of aliphatic hydroxyl groups excluding tert-OH is 1. The second kappa shape index (κ2) is 6.46. The van der Waals surface area contributed by atoms with E-state index in [1.807, 2.05) is 0 Å². The van der Waals surface area contributed by atoms with Crippen molar-refractivity contribution in [1.82, 2.24) is 4.31 Å². The lowest BCUT2D eigenvalue weighted by molar-refractivity contribution is 0.180. The van der Waals surface area contributed by atoms with E-state index in [9.17, 15) is 8.42 Å². The molecule has 1 heterocycles. The van der Waals surface area contributed by atoms with Crippen LogP contribution in [0.5, 0.6) is 0 Å². The van der Waals surface area contributed by atoms with E-state index in [0.29, 0.717) is 24.6 Å². The van der Waals surface area contributed by atoms with Crippen molar-refractivity contribution in [2.75, 3.05) is 26.8 Å². The Morgan fingerprint density at radius 1 is 1.53 bits per heavy atom. The van der Waals surface area contributed by atoms with Crippen molar-refractivity contribution < 1.29 is 18.3 Å². The second-order valence-corrected chi connectivity index (χ2v) is 6.26. The summed E-state index contributed by atoms with van der Waals surface area (Å²) in [6.45, 7) is 2.57. The van der Waals surface area contributed by atoms with E-state index >= 15 is 0 Å². The smallest absolute Gasteiger partial charge is 0.244 e. The van der Waals surface area contributed by atoms with Crippen molar-refractivity contribution in [2.45, 2.75) is 18.4 Å². The van der Waals surface area contributed by atoms with Crippen LogP contribution in [0.4, 0.5) is 0 Å². The number of sulfonamides is 1. The maximum Gasteiger partial charge on any atom is 0.244 e. The molecule has 0 aromatic carbocycles. The van der Waals surface area contributed by atoms with Gasteiger partial charge in [-0.1, -0.05) is 6.92 Å². The Morgan fingerprint density at radius 3 is 2.76 bits per heavy atom. The number of hydrogen-bond donors (Lipinski definition) is 1. The summed E-state index contributed by atoms with van der Waals surface area (Å²) in [4.78, 5) is 0.670. The quantitative estimate of drug-likeness (QED) is 0.805. The summed E-state index contributed by atoms with van der Waals surface area (Å²) in [5.74, 6) is 0. The van der Waals surface area contributed by atoms with Crippen molar-refractivity contribution in [3.05, 3.63) is 16.3 Å². The Hall–Kier alpha value is -0.470. The fourth-order valence-corrected chi connectivity index (χ4v) is 4.15. The predicted molar refractivity (Wildman–Crippen MR) is 66.6 cm³/mol. The summed E-state index contributed by atoms with van der Waals surface area (Å²) in [6.07, 6.45) is 0. The zero-order chi connectivity index (χ0) is 12.9. The van der Waals surface area contributed by atoms with Gasteiger partial charge in [-0.05, 0) is 11.4 Å². The van der Waals surface area contributed by atoms with Crippen LogP contribution in [0.25, 0.3) is 0 Å². The summed E-state index contributed by atoms with van der Waals surface area (Å²) in [5.41, 5.74) is 0. The minimum atomic E-state index is -3.52. The van der Waals surface area contributed by atoms with Crippen LogP contribution in [0.2, 0.25) is 0 Å². The average Bonchev–Trinajstić information content (AvgIpc) is 2.78. The molecule has 0 saturated carbocycles. The van der Waals surface area contributed by atoms with Gasteiger partial charge in [0.25, 0.3) is 0 Å². The van der Waals surface area contributed by atoms with E-state index in [1.165, 1.54) is 28.8 Å². The van der Waals surface area contributed by atoms with Crippen LogP contribution >= 0.6 is 11.3 Å². The average molecular weight is 279 g/mol. The molecule has 98 valence electrons. The molecule has 1 aromatic rings. The first kappa shape index (κ1) is 14.6. The lowest BCUT2D eigenvalue weighted by atomic mass is 10.5. The lowest BCUT2D eigenvalue weighted by Gasteiger charge is -2.19. The molecule has 0 amide bonds. The first-order valence-corrected chi connectivity index (χ1v) is 7.56. The van der Waals surface area contributed by atoms with Crippen LogP contribution in [-0.4, -0.2) is 44.6 Å². The Morgan fingerprint density at radius 2 is 2.24 bits per heavy atom. The maximum atomic E-state index is 12.3. The van der Waals surface area contributed by atoms with Crippen LogP contribution in [0.1, 0.15) is 11.8 Å². The Balaban J connectivity index is 3.00. The zero-order valence-electron chi connectivity index (χ0n) is 9.92. The molecule has 0 saturated heterocycles. The zero-order valence-corrected chi connectivity index (χ0v) is 11.6. The molecule has 0 radical (unpaired) electrons. The summed E-state index contributed by atoms with van der Waals surface area (Å²) < 4.78 is 30.8. The van der Waals surface area contributed by atoms with Gasteiger partial charge in [-0.3, -0.25) is 0 Å². The molecule has 5 nitrogen and oxygen atoms in total. The largest absolute Gasteiger partial charge is 0.391 e. The molecule has 1 rings (SSSR count). The first-order chi connectivity index (χ1) is 8.07. The van der Waals surface area contributed by atoms with Crippen LogP contribution in [0, 0.1) is 0 Å². The minimum absolute atomic E-state index is 0.197. The molecule has 0 aliphatic carbocycles. The van der Waals surface area contributed by atoms with Crippen LogP contribution < -0.4 is 0 Å². The monoisotopic (exact) mass is 279 g/mol. The fraction of sp³-hybridized carbons (Fsp3) is 0.600. The highest BCUT2D eigenvalue weighted by atomic mass is 32.2. The van der Waals surface area contributed by atoms with E-state index in [1.54, 1.807) is 12.3 Å². The third-order valence-corrected chi connectivity index (χ3v) is 5.46. The normalized spacial score (nSPS) is 12.2. The van der Waals surface area contributed by atoms with Crippen molar-refractivity contribution in [3.8, 4) is 0 Å². The van der Waals surface area contributed by atoms with Gasteiger partial charge in [0.2, 0.25) is 10.0 Å². The van der Waals surface area contributed by atoms with Crippen molar-refractivity contribution in [3.63, 3.8) is 0 Å². The molecule has 17 heavy (non-hydrogen) atoms. The number of thiophene rings is 1. The van der Waals surface area contributed by atoms with Gasteiger partial charge in [0.05, 0.1) is 18.1 Å². The van der Waals surface area contributed by atoms with Gasteiger partial charge in [-0.2, -0.15) is 4.31 Å². The third kappa shape index (κ3) is 3.26. The molecule has 0 bridgehead atoms. The molecule has 0 fully saturated rings. The van der Waals surface area contributed by atoms with Crippen LogP contribution in [-0.2, 0) is 21.4 Å². The van der Waals surface area contributed by atoms with Gasteiger partial charge in [-0.15, -0.1) is 11.3 Å². The van der Waals surface area contributed by atoms with Gasteiger partial charge in [-0.25, -0.2) is 8.42 Å². The molecule has 0 spiro atoms. The van der Waals surface area contributed by atoms with Crippen molar-refractivity contribution >= 4 is 21.4 Å². The topological polar surface area (TPSA) is 66.8 Å². The third-order valence-electron chi connectivity index (χ3n) is 2.36. The number of aliphatic hydroxyl groups is 1. The van der Waals surface area contributed by atoms with E-state index in [-0.39, 0.29) is 11.5 Å². The predicted octanol–water partition coefficient (Wildman–Crippen LogP) is 0.897. The summed E-state index contributed by atoms with van der Waals surface area (Å²) in [7, 11) is -1.99. The van der Waals surface area contributed by atoms with Crippen molar-refractivity contribution in [1.29, 1.82) is 0 Å². The van der Waals surface area contributed by atoms with Gasteiger partial charge in [0.1, 0.15) is 0 Å². The SMILES string of the molecule is CCN(CCOC)S(=O)(=O)c1ccsc1CO. The Kier molecular flexibility index (Phi) is 5.54.